The number of allylic oxidation sites excluding steroid dienone is 3. The third-order valence-electron chi connectivity index (χ3n) is 3.59. The van der Waals surface area contributed by atoms with E-state index in [1.807, 2.05) is 12.2 Å². The number of nitrogens with zero attached hydrogens (tertiary/aromatic N) is 2. The molecule has 9 heteroatoms. The van der Waals surface area contributed by atoms with Crippen molar-refractivity contribution in [1.29, 1.82) is 5.53 Å². The van der Waals surface area contributed by atoms with E-state index < -0.39 is 10.0 Å². The molecule has 23 heavy (non-hydrogen) atoms. The van der Waals surface area contributed by atoms with E-state index >= 15 is 0 Å². The van der Waals surface area contributed by atoms with Crippen molar-refractivity contribution in [2.75, 3.05) is 6.54 Å². The molecule has 0 unspecified atom stereocenters. The molecule has 0 spiro atoms. The number of rotatable bonds is 5. The van der Waals surface area contributed by atoms with Crippen molar-refractivity contribution in [2.45, 2.75) is 17.7 Å². The molecule has 1 aliphatic carbocycles. The minimum atomic E-state index is -4.00. The third kappa shape index (κ3) is 3.70. The number of amidine groups is 1. The number of sulfonamides is 1. The highest BCUT2D eigenvalue weighted by molar-refractivity contribution is 7.89. The second-order valence-corrected chi connectivity index (χ2v) is 6.56. The van der Waals surface area contributed by atoms with Crippen molar-refractivity contribution < 1.29 is 8.42 Å². The molecule has 7 N–H and O–H groups in total. The van der Waals surface area contributed by atoms with Crippen molar-refractivity contribution in [3.05, 3.63) is 47.1 Å². The van der Waals surface area contributed by atoms with E-state index in [1.54, 1.807) is 12.1 Å². The second-order valence-electron chi connectivity index (χ2n) is 5.03. The molecule has 2 rings (SSSR count). The molecule has 0 aliphatic heterocycles. The van der Waals surface area contributed by atoms with Crippen molar-refractivity contribution in [3.8, 4) is 0 Å². The van der Waals surface area contributed by atoms with Gasteiger partial charge in [0.2, 0.25) is 10.0 Å². The first kappa shape index (κ1) is 17.0. The summed E-state index contributed by atoms with van der Waals surface area (Å²) in [5.74, 6) is -0.172. The zero-order chi connectivity index (χ0) is 17.0. The normalized spacial score (nSPS) is 15.8. The monoisotopic (exact) mass is 334 g/mol. The SMILES string of the molecule is N=NN=C(N)c1c(C2=CC=C(CN)CC2)cccc1S(N)(=O)=O. The average molecular weight is 334 g/mol. The zero-order valence-electron chi connectivity index (χ0n) is 12.4. The van der Waals surface area contributed by atoms with Crippen LogP contribution in [0.2, 0.25) is 0 Å². The minimum Gasteiger partial charge on any atom is -0.382 e. The van der Waals surface area contributed by atoms with E-state index in [9.17, 15) is 8.42 Å². The zero-order valence-corrected chi connectivity index (χ0v) is 13.2. The van der Waals surface area contributed by atoms with Gasteiger partial charge in [0.05, 0.1) is 4.90 Å². The highest BCUT2D eigenvalue weighted by Crippen LogP contribution is 2.31. The van der Waals surface area contributed by atoms with Crippen LogP contribution in [-0.4, -0.2) is 20.8 Å². The van der Waals surface area contributed by atoms with Crippen LogP contribution in [0.1, 0.15) is 24.0 Å². The van der Waals surface area contributed by atoms with E-state index in [-0.39, 0.29) is 16.3 Å². The van der Waals surface area contributed by atoms with Crippen molar-refractivity contribution in [3.63, 3.8) is 0 Å². The fourth-order valence-electron chi connectivity index (χ4n) is 2.48. The Bertz CT molecular complexity index is 824. The summed E-state index contributed by atoms with van der Waals surface area (Å²) in [4.78, 5) is -0.144. The third-order valence-corrected chi connectivity index (χ3v) is 4.54. The number of hydrogen-bond acceptors (Lipinski definition) is 5. The highest BCUT2D eigenvalue weighted by atomic mass is 32.2. The molecule has 122 valence electrons. The Kier molecular flexibility index (Phi) is 5.04. The van der Waals surface area contributed by atoms with Gasteiger partial charge in [-0.15, -0.1) is 5.10 Å². The van der Waals surface area contributed by atoms with Gasteiger partial charge in [0.15, 0.2) is 5.84 Å². The van der Waals surface area contributed by atoms with Crippen LogP contribution in [0.5, 0.6) is 0 Å². The maximum Gasteiger partial charge on any atom is 0.238 e. The van der Waals surface area contributed by atoms with Gasteiger partial charge in [0.1, 0.15) is 0 Å². The lowest BCUT2D eigenvalue weighted by Crippen LogP contribution is -2.23. The predicted molar refractivity (Wildman–Crippen MR) is 88.0 cm³/mol. The number of benzene rings is 1. The molecule has 0 bridgehead atoms. The summed E-state index contributed by atoms with van der Waals surface area (Å²) in [6, 6.07) is 4.68. The molecule has 0 fully saturated rings. The largest absolute Gasteiger partial charge is 0.382 e. The van der Waals surface area contributed by atoms with Crippen LogP contribution < -0.4 is 16.6 Å². The van der Waals surface area contributed by atoms with Crippen molar-refractivity contribution in [2.24, 2.45) is 26.9 Å². The highest BCUT2D eigenvalue weighted by Gasteiger charge is 2.22. The van der Waals surface area contributed by atoms with E-state index in [0.29, 0.717) is 18.5 Å². The van der Waals surface area contributed by atoms with E-state index in [2.05, 4.69) is 10.3 Å². The Morgan fingerprint density at radius 1 is 1.26 bits per heavy atom. The lowest BCUT2D eigenvalue weighted by Gasteiger charge is -2.18. The van der Waals surface area contributed by atoms with Crippen LogP contribution in [-0.2, 0) is 10.0 Å². The van der Waals surface area contributed by atoms with Gasteiger partial charge in [-0.05, 0) is 30.0 Å². The quantitative estimate of drug-likeness (QED) is 0.274. The maximum absolute atomic E-state index is 11.8. The van der Waals surface area contributed by atoms with E-state index in [1.165, 1.54) is 6.07 Å². The molecular formula is C14H18N6O2S. The van der Waals surface area contributed by atoms with E-state index in [0.717, 1.165) is 17.6 Å². The van der Waals surface area contributed by atoms with Crippen molar-refractivity contribution >= 4 is 21.4 Å². The van der Waals surface area contributed by atoms with Crippen LogP contribution in [0, 0.1) is 5.53 Å². The maximum atomic E-state index is 11.8. The molecule has 1 aromatic rings. The van der Waals surface area contributed by atoms with Gasteiger partial charge in [-0.1, -0.05) is 35.1 Å². The number of nitrogens with one attached hydrogen (secondary N) is 1. The predicted octanol–water partition coefficient (Wildman–Crippen LogP) is 1.05. The van der Waals surface area contributed by atoms with E-state index in [4.69, 9.17) is 22.1 Å². The average Bonchev–Trinajstić information content (AvgIpc) is 2.53. The standard InChI is InChI=1S/C14H18N6O2S/c15-8-9-4-6-10(7-5-9)11-2-1-3-12(23(18,21)22)13(11)14(16)19-20-17/h1-4,6H,5,7-8,15H2,(H3,16,17,19)(H2,18,21,22). The first-order valence-electron chi connectivity index (χ1n) is 6.83. The Morgan fingerprint density at radius 3 is 2.52 bits per heavy atom. The Morgan fingerprint density at radius 2 is 2.00 bits per heavy atom. The summed E-state index contributed by atoms with van der Waals surface area (Å²) in [5, 5.41) is 11.6. The van der Waals surface area contributed by atoms with Gasteiger partial charge in [-0.2, -0.15) is 5.53 Å². The van der Waals surface area contributed by atoms with Gasteiger partial charge < -0.3 is 11.5 Å². The lowest BCUT2D eigenvalue weighted by atomic mass is 9.90. The van der Waals surface area contributed by atoms with Crippen LogP contribution in [0.25, 0.3) is 5.57 Å². The molecule has 0 aromatic heterocycles. The first-order valence-corrected chi connectivity index (χ1v) is 8.38. The molecule has 0 radical (unpaired) electrons. The van der Waals surface area contributed by atoms with Gasteiger partial charge >= 0.3 is 0 Å². The van der Waals surface area contributed by atoms with Gasteiger partial charge in [-0.25, -0.2) is 13.6 Å². The number of hydrogen-bond donors (Lipinski definition) is 4. The molecular weight excluding hydrogens is 316 g/mol. The molecule has 1 aromatic carbocycles. The summed E-state index contributed by atoms with van der Waals surface area (Å²) in [6.07, 6.45) is 5.26. The van der Waals surface area contributed by atoms with Crippen molar-refractivity contribution in [1.82, 2.24) is 0 Å². The molecule has 8 nitrogen and oxygen atoms in total. The Hall–Kier alpha value is -2.36. The summed E-state index contributed by atoms with van der Waals surface area (Å²) in [7, 11) is -4.00. The summed E-state index contributed by atoms with van der Waals surface area (Å²) in [5.41, 5.74) is 21.0. The topological polar surface area (TPSA) is 161 Å². The van der Waals surface area contributed by atoms with Gasteiger partial charge in [-0.3, -0.25) is 0 Å². The van der Waals surface area contributed by atoms with Gasteiger partial charge in [0, 0.05) is 12.1 Å². The Labute approximate surface area is 134 Å². The van der Waals surface area contributed by atoms with Crippen LogP contribution >= 0.6 is 0 Å². The lowest BCUT2D eigenvalue weighted by molar-refractivity contribution is 0.597. The number of nitrogens with two attached hydrogens (primary N) is 3. The fraction of sp³-hybridized carbons (Fsp3) is 0.214. The molecule has 0 amide bonds. The summed E-state index contributed by atoms with van der Waals surface area (Å²) in [6.45, 7) is 0.481. The summed E-state index contributed by atoms with van der Waals surface area (Å²) < 4.78 is 23.7. The summed E-state index contributed by atoms with van der Waals surface area (Å²) >= 11 is 0. The molecule has 0 atom stereocenters. The first-order chi connectivity index (χ1) is 10.9. The fourth-order valence-corrected chi connectivity index (χ4v) is 3.25. The molecule has 0 heterocycles. The second kappa shape index (κ2) is 6.82. The Balaban J connectivity index is 2.70. The molecule has 1 aliphatic rings. The smallest absolute Gasteiger partial charge is 0.238 e. The molecule has 0 saturated heterocycles. The van der Waals surface area contributed by atoms with Crippen LogP contribution in [0.4, 0.5) is 0 Å². The van der Waals surface area contributed by atoms with Crippen LogP contribution in [0.15, 0.2) is 51.1 Å². The number of primary sulfonamides is 1. The van der Waals surface area contributed by atoms with Crippen LogP contribution in [0.3, 0.4) is 0 Å². The van der Waals surface area contributed by atoms with Gasteiger partial charge in [0.25, 0.3) is 0 Å². The minimum absolute atomic E-state index is 0.144. The molecule has 0 saturated carbocycles.